The molecule has 0 unspecified atom stereocenters. The van der Waals surface area contributed by atoms with E-state index in [9.17, 15) is 4.79 Å². The largest absolute Gasteiger partial charge is 0.481 e. The smallest absolute Gasteiger partial charge is 0.305 e. The summed E-state index contributed by atoms with van der Waals surface area (Å²) in [5.41, 5.74) is -0.546. The molecule has 0 spiro atoms. The molecule has 0 radical (unpaired) electrons. The zero-order valence-corrected chi connectivity index (χ0v) is 10.3. The van der Waals surface area contributed by atoms with Gasteiger partial charge in [0.05, 0.1) is 17.6 Å². The van der Waals surface area contributed by atoms with Crippen molar-refractivity contribution in [2.45, 2.75) is 38.3 Å². The Bertz CT molecular complexity index is 250. The van der Waals surface area contributed by atoms with Crippen molar-refractivity contribution in [1.29, 1.82) is 0 Å². The van der Waals surface area contributed by atoms with Gasteiger partial charge in [0, 0.05) is 26.2 Å². The number of rotatable bonds is 7. The average molecular weight is 230 g/mol. The Kier molecular flexibility index (Phi) is 4.29. The number of carbonyl (C=O) groups is 1. The van der Waals surface area contributed by atoms with Crippen LogP contribution in [-0.4, -0.2) is 48.5 Å². The molecule has 1 fully saturated rings. The lowest BCUT2D eigenvalue weighted by molar-refractivity contribution is -0.139. The number of hydrogen-bond donors (Lipinski definition) is 3. The van der Waals surface area contributed by atoms with Crippen molar-refractivity contribution in [1.82, 2.24) is 10.6 Å². The lowest BCUT2D eigenvalue weighted by Gasteiger charge is -2.44. The molecule has 0 saturated carbocycles. The Morgan fingerprint density at radius 2 is 2.19 bits per heavy atom. The third kappa shape index (κ3) is 3.73. The Hall–Kier alpha value is -0.650. The van der Waals surface area contributed by atoms with E-state index in [4.69, 9.17) is 9.84 Å². The van der Waals surface area contributed by atoms with Gasteiger partial charge >= 0.3 is 5.97 Å². The maximum Gasteiger partial charge on any atom is 0.305 e. The monoisotopic (exact) mass is 230 g/mol. The third-order valence-electron chi connectivity index (χ3n) is 2.84. The standard InChI is InChI=1S/C11H22N2O3/c1-4-16-10(2,3)6-13-11(5-9(14)15)7-12-8-11/h12-13H,4-8H2,1-3H3,(H,14,15). The summed E-state index contributed by atoms with van der Waals surface area (Å²) in [6, 6.07) is 0. The summed E-state index contributed by atoms with van der Waals surface area (Å²) in [5.74, 6) is -0.761. The van der Waals surface area contributed by atoms with E-state index >= 15 is 0 Å². The maximum absolute atomic E-state index is 10.8. The normalized spacial score (nSPS) is 19.2. The Morgan fingerprint density at radius 3 is 2.56 bits per heavy atom. The van der Waals surface area contributed by atoms with Gasteiger partial charge in [-0.2, -0.15) is 0 Å². The van der Waals surface area contributed by atoms with Crippen molar-refractivity contribution in [2.75, 3.05) is 26.2 Å². The summed E-state index contributed by atoms with van der Waals surface area (Å²) >= 11 is 0. The number of aliphatic carboxylic acids is 1. The molecule has 3 N–H and O–H groups in total. The van der Waals surface area contributed by atoms with E-state index in [1.807, 2.05) is 20.8 Å². The van der Waals surface area contributed by atoms with E-state index in [-0.39, 0.29) is 17.6 Å². The van der Waals surface area contributed by atoms with Gasteiger partial charge in [-0.15, -0.1) is 0 Å². The molecule has 1 rings (SSSR count). The molecule has 5 heteroatoms. The Balaban J connectivity index is 2.42. The number of carboxylic acid groups (broad SMARTS) is 1. The molecule has 0 amide bonds. The van der Waals surface area contributed by atoms with Crippen molar-refractivity contribution < 1.29 is 14.6 Å². The topological polar surface area (TPSA) is 70.6 Å². The molecular formula is C11H22N2O3. The van der Waals surface area contributed by atoms with Crippen molar-refractivity contribution in [3.8, 4) is 0 Å². The Labute approximate surface area is 96.6 Å². The quantitative estimate of drug-likeness (QED) is 0.583. The molecule has 1 aliphatic rings. The SMILES string of the molecule is CCOC(C)(C)CNC1(CC(=O)O)CNC1. The van der Waals surface area contributed by atoms with E-state index < -0.39 is 5.97 Å². The van der Waals surface area contributed by atoms with Gasteiger partial charge in [-0.3, -0.25) is 4.79 Å². The second kappa shape index (κ2) is 5.12. The minimum absolute atomic E-state index is 0.155. The number of nitrogens with one attached hydrogen (secondary N) is 2. The first-order valence-corrected chi connectivity index (χ1v) is 5.71. The highest BCUT2D eigenvalue weighted by Gasteiger charge is 2.39. The predicted molar refractivity (Wildman–Crippen MR) is 61.6 cm³/mol. The van der Waals surface area contributed by atoms with Crippen LogP contribution >= 0.6 is 0 Å². The molecule has 0 aromatic rings. The first-order valence-electron chi connectivity index (χ1n) is 5.71. The highest BCUT2D eigenvalue weighted by molar-refractivity contribution is 5.68. The summed E-state index contributed by atoms with van der Waals surface area (Å²) in [7, 11) is 0. The fourth-order valence-corrected chi connectivity index (χ4v) is 1.87. The molecule has 94 valence electrons. The molecule has 0 aliphatic carbocycles. The van der Waals surface area contributed by atoms with Crippen LogP contribution in [0.25, 0.3) is 0 Å². The summed E-state index contributed by atoms with van der Waals surface area (Å²) in [6.45, 7) is 8.71. The van der Waals surface area contributed by atoms with Crippen LogP contribution in [0.4, 0.5) is 0 Å². The van der Waals surface area contributed by atoms with Gasteiger partial charge in [-0.05, 0) is 20.8 Å². The van der Waals surface area contributed by atoms with E-state index in [1.165, 1.54) is 0 Å². The summed E-state index contributed by atoms with van der Waals surface area (Å²) in [5, 5.41) is 15.3. The summed E-state index contributed by atoms with van der Waals surface area (Å²) in [4.78, 5) is 10.8. The fourth-order valence-electron chi connectivity index (χ4n) is 1.87. The molecule has 0 bridgehead atoms. The van der Waals surface area contributed by atoms with Crippen molar-refractivity contribution in [2.24, 2.45) is 0 Å². The van der Waals surface area contributed by atoms with Gasteiger partial charge in [-0.1, -0.05) is 0 Å². The van der Waals surface area contributed by atoms with Crippen LogP contribution in [0.3, 0.4) is 0 Å². The zero-order chi connectivity index (χ0) is 12.2. The van der Waals surface area contributed by atoms with Crippen LogP contribution in [0.2, 0.25) is 0 Å². The van der Waals surface area contributed by atoms with Crippen LogP contribution in [0.1, 0.15) is 27.2 Å². The minimum atomic E-state index is -0.761. The minimum Gasteiger partial charge on any atom is -0.481 e. The molecule has 1 heterocycles. The van der Waals surface area contributed by atoms with Gasteiger partial charge in [-0.25, -0.2) is 0 Å². The van der Waals surface area contributed by atoms with Gasteiger partial charge in [0.25, 0.3) is 0 Å². The van der Waals surface area contributed by atoms with Gasteiger partial charge in [0.15, 0.2) is 0 Å². The van der Waals surface area contributed by atoms with E-state index in [2.05, 4.69) is 10.6 Å². The van der Waals surface area contributed by atoms with E-state index in [0.717, 1.165) is 0 Å². The van der Waals surface area contributed by atoms with Gasteiger partial charge < -0.3 is 20.5 Å². The van der Waals surface area contributed by atoms with Crippen molar-refractivity contribution in [3.63, 3.8) is 0 Å². The fraction of sp³-hybridized carbons (Fsp3) is 0.909. The average Bonchev–Trinajstić information content (AvgIpc) is 2.09. The lowest BCUT2D eigenvalue weighted by Crippen LogP contribution is -2.70. The molecule has 5 nitrogen and oxygen atoms in total. The number of hydrogen-bond acceptors (Lipinski definition) is 4. The number of ether oxygens (including phenoxy) is 1. The first kappa shape index (κ1) is 13.4. The van der Waals surface area contributed by atoms with E-state index in [0.29, 0.717) is 26.2 Å². The van der Waals surface area contributed by atoms with Crippen LogP contribution < -0.4 is 10.6 Å². The first-order chi connectivity index (χ1) is 7.39. The highest BCUT2D eigenvalue weighted by Crippen LogP contribution is 2.18. The molecular weight excluding hydrogens is 208 g/mol. The summed E-state index contributed by atoms with van der Waals surface area (Å²) < 4.78 is 5.57. The van der Waals surface area contributed by atoms with Crippen LogP contribution in [0.5, 0.6) is 0 Å². The zero-order valence-electron chi connectivity index (χ0n) is 10.3. The molecule has 1 aliphatic heterocycles. The van der Waals surface area contributed by atoms with Crippen LogP contribution in [0.15, 0.2) is 0 Å². The summed E-state index contributed by atoms with van der Waals surface area (Å²) in [6.07, 6.45) is 0.155. The van der Waals surface area contributed by atoms with Crippen LogP contribution in [-0.2, 0) is 9.53 Å². The van der Waals surface area contributed by atoms with E-state index in [1.54, 1.807) is 0 Å². The predicted octanol–water partition coefficient (Wildman–Crippen LogP) is 0.208. The second-order valence-corrected chi connectivity index (χ2v) is 5.00. The molecule has 0 aromatic carbocycles. The maximum atomic E-state index is 10.8. The highest BCUT2D eigenvalue weighted by atomic mass is 16.5. The lowest BCUT2D eigenvalue weighted by atomic mass is 9.88. The molecule has 0 aromatic heterocycles. The Morgan fingerprint density at radius 1 is 1.56 bits per heavy atom. The van der Waals surface area contributed by atoms with Gasteiger partial charge in [0.2, 0.25) is 0 Å². The number of carboxylic acids is 1. The van der Waals surface area contributed by atoms with Gasteiger partial charge in [0.1, 0.15) is 0 Å². The van der Waals surface area contributed by atoms with Crippen molar-refractivity contribution >= 4 is 5.97 Å². The third-order valence-corrected chi connectivity index (χ3v) is 2.84. The van der Waals surface area contributed by atoms with Crippen molar-refractivity contribution in [3.05, 3.63) is 0 Å². The van der Waals surface area contributed by atoms with Crippen LogP contribution in [0, 0.1) is 0 Å². The molecule has 0 atom stereocenters. The molecule has 1 saturated heterocycles. The second-order valence-electron chi connectivity index (χ2n) is 5.00. The molecule has 16 heavy (non-hydrogen) atoms.